The quantitative estimate of drug-likeness (QED) is 0.759. The van der Waals surface area contributed by atoms with E-state index in [0.29, 0.717) is 6.54 Å². The maximum absolute atomic E-state index is 12.2. The molecule has 2 aliphatic rings. The van der Waals surface area contributed by atoms with Crippen molar-refractivity contribution in [2.45, 2.75) is 38.5 Å². The summed E-state index contributed by atoms with van der Waals surface area (Å²) >= 11 is 1.74. The molecule has 1 N–H and O–H groups in total. The highest BCUT2D eigenvalue weighted by atomic mass is 32.2. The van der Waals surface area contributed by atoms with Crippen LogP contribution in [0.2, 0.25) is 0 Å². The first-order valence-electron chi connectivity index (χ1n) is 8.64. The highest BCUT2D eigenvalue weighted by molar-refractivity contribution is 8.00. The Hall–Kier alpha value is -0.790. The lowest BCUT2D eigenvalue weighted by Gasteiger charge is -2.39. The molecule has 2 saturated heterocycles. The van der Waals surface area contributed by atoms with E-state index in [1.54, 1.807) is 11.8 Å². The van der Waals surface area contributed by atoms with Gasteiger partial charge in [-0.15, -0.1) is 11.8 Å². The molecule has 0 unspecified atom stereocenters. The molecule has 2 rings (SSSR count). The lowest BCUT2D eigenvalue weighted by molar-refractivity contribution is -0.133. The molecule has 0 radical (unpaired) electrons. The van der Waals surface area contributed by atoms with Crippen LogP contribution in [0.25, 0.3) is 0 Å². The zero-order valence-electron chi connectivity index (χ0n) is 14.6. The Morgan fingerprint density at radius 3 is 2.57 bits per heavy atom. The van der Waals surface area contributed by atoms with Crippen LogP contribution in [-0.4, -0.2) is 89.5 Å². The first-order valence-corrected chi connectivity index (χ1v) is 9.69. The molecule has 2 fully saturated rings. The van der Waals surface area contributed by atoms with Gasteiger partial charge in [0.15, 0.2) is 0 Å². The molecular weight excluding hydrogens is 312 g/mol. The topological polar surface area (TPSA) is 55.9 Å². The average Bonchev–Trinajstić information content (AvgIpc) is 2.53. The maximum atomic E-state index is 12.2. The van der Waals surface area contributed by atoms with Crippen LogP contribution < -0.4 is 5.32 Å². The van der Waals surface area contributed by atoms with Gasteiger partial charge in [-0.25, -0.2) is 0 Å². The Morgan fingerprint density at radius 2 is 1.91 bits per heavy atom. The van der Waals surface area contributed by atoms with Gasteiger partial charge in [0, 0.05) is 44.5 Å². The third-order valence-electron chi connectivity index (χ3n) is 4.61. The summed E-state index contributed by atoms with van der Waals surface area (Å²) in [7, 11) is 0. The van der Waals surface area contributed by atoms with Crippen LogP contribution in [0.5, 0.6) is 0 Å². The maximum Gasteiger partial charge on any atom is 0.236 e. The van der Waals surface area contributed by atoms with Crippen LogP contribution in [0.1, 0.15) is 27.2 Å². The molecule has 7 heteroatoms. The number of carbonyl (C=O) groups excluding carboxylic acids is 2. The number of nitrogens with zero attached hydrogens (tertiary/aromatic N) is 3. The number of rotatable bonds is 6. The Kier molecular flexibility index (Phi) is 7.17. The number of piperazine rings is 1. The fraction of sp³-hybridized carbons (Fsp3) is 0.875. The van der Waals surface area contributed by atoms with E-state index < -0.39 is 0 Å². The van der Waals surface area contributed by atoms with Crippen molar-refractivity contribution in [1.82, 2.24) is 20.0 Å². The van der Waals surface area contributed by atoms with E-state index in [4.69, 9.17) is 0 Å². The zero-order valence-corrected chi connectivity index (χ0v) is 15.4. The van der Waals surface area contributed by atoms with Crippen molar-refractivity contribution in [2.75, 3.05) is 51.7 Å². The molecule has 23 heavy (non-hydrogen) atoms. The summed E-state index contributed by atoms with van der Waals surface area (Å²) in [4.78, 5) is 30.6. The Morgan fingerprint density at radius 1 is 1.26 bits per heavy atom. The van der Waals surface area contributed by atoms with Crippen molar-refractivity contribution in [2.24, 2.45) is 0 Å². The molecule has 0 spiro atoms. The van der Waals surface area contributed by atoms with E-state index in [1.165, 1.54) is 0 Å². The van der Waals surface area contributed by atoms with Crippen LogP contribution in [-0.2, 0) is 9.59 Å². The van der Waals surface area contributed by atoms with Gasteiger partial charge < -0.3 is 10.2 Å². The van der Waals surface area contributed by atoms with E-state index >= 15 is 0 Å². The van der Waals surface area contributed by atoms with Gasteiger partial charge >= 0.3 is 0 Å². The zero-order chi connectivity index (χ0) is 16.8. The second kappa shape index (κ2) is 8.89. The Labute approximate surface area is 143 Å². The van der Waals surface area contributed by atoms with Crippen molar-refractivity contribution in [1.29, 1.82) is 0 Å². The van der Waals surface area contributed by atoms with Crippen molar-refractivity contribution in [3.63, 3.8) is 0 Å². The third kappa shape index (κ3) is 5.65. The summed E-state index contributed by atoms with van der Waals surface area (Å²) in [6, 6.07) is 0.244. The number of hydrogen-bond donors (Lipinski definition) is 1. The molecule has 0 saturated carbocycles. The van der Waals surface area contributed by atoms with E-state index in [0.717, 1.165) is 51.6 Å². The molecule has 6 nitrogen and oxygen atoms in total. The largest absolute Gasteiger partial charge is 0.353 e. The van der Waals surface area contributed by atoms with Gasteiger partial charge in [-0.1, -0.05) is 6.92 Å². The molecule has 0 aliphatic carbocycles. The SMILES string of the molecule is CC[C@@H](C)NC(=O)CN1CCN(CN2CCS[C@H](C)C2=O)CC1. The van der Waals surface area contributed by atoms with Crippen LogP contribution in [0, 0.1) is 0 Å². The second-order valence-electron chi connectivity index (χ2n) is 6.53. The van der Waals surface area contributed by atoms with Crippen molar-refractivity contribution >= 4 is 23.6 Å². The minimum absolute atomic E-state index is 0.0919. The predicted octanol–water partition coefficient (Wildman–Crippen LogP) is 0.440. The molecule has 2 atom stereocenters. The van der Waals surface area contributed by atoms with Crippen molar-refractivity contribution in [3.05, 3.63) is 0 Å². The summed E-state index contributed by atoms with van der Waals surface area (Å²) in [5.74, 6) is 1.41. The van der Waals surface area contributed by atoms with Gasteiger partial charge in [-0.2, -0.15) is 0 Å². The number of hydrogen-bond acceptors (Lipinski definition) is 5. The molecular formula is C16H30N4O2S. The number of nitrogens with one attached hydrogen (secondary N) is 1. The van der Waals surface area contributed by atoms with E-state index in [-0.39, 0.29) is 23.1 Å². The molecule has 2 aliphatic heterocycles. The van der Waals surface area contributed by atoms with Crippen LogP contribution >= 0.6 is 11.8 Å². The summed E-state index contributed by atoms with van der Waals surface area (Å²) in [5.41, 5.74) is 0. The van der Waals surface area contributed by atoms with Crippen molar-refractivity contribution in [3.8, 4) is 0 Å². The molecule has 0 aromatic heterocycles. The van der Waals surface area contributed by atoms with E-state index in [2.05, 4.69) is 22.0 Å². The van der Waals surface area contributed by atoms with Gasteiger partial charge in [0.25, 0.3) is 0 Å². The lowest BCUT2D eigenvalue weighted by Crippen LogP contribution is -2.54. The minimum atomic E-state index is 0.0919. The highest BCUT2D eigenvalue weighted by Crippen LogP contribution is 2.19. The predicted molar refractivity (Wildman–Crippen MR) is 94.4 cm³/mol. The molecule has 0 aromatic rings. The standard InChI is InChI=1S/C16H30N4O2S/c1-4-13(2)17-15(21)11-18-5-7-19(8-6-18)12-20-9-10-23-14(3)16(20)22/h13-14H,4-12H2,1-3H3,(H,17,21)/t13-,14-/m1/s1. The molecule has 132 valence electrons. The van der Waals surface area contributed by atoms with Crippen LogP contribution in [0.4, 0.5) is 0 Å². The highest BCUT2D eigenvalue weighted by Gasteiger charge is 2.28. The van der Waals surface area contributed by atoms with Crippen molar-refractivity contribution < 1.29 is 9.59 Å². The van der Waals surface area contributed by atoms with Gasteiger partial charge in [-0.3, -0.25) is 19.4 Å². The fourth-order valence-electron chi connectivity index (χ4n) is 2.87. The first kappa shape index (κ1) is 18.5. The van der Waals surface area contributed by atoms with Gasteiger partial charge in [-0.05, 0) is 20.3 Å². The fourth-order valence-corrected chi connectivity index (χ4v) is 3.85. The minimum Gasteiger partial charge on any atom is -0.353 e. The monoisotopic (exact) mass is 342 g/mol. The number of amides is 2. The van der Waals surface area contributed by atoms with E-state index in [1.807, 2.05) is 18.7 Å². The summed E-state index contributed by atoms with van der Waals surface area (Å²) in [5, 5.41) is 3.11. The van der Waals surface area contributed by atoms with Gasteiger partial charge in [0.05, 0.1) is 18.5 Å². The molecule has 0 bridgehead atoms. The smallest absolute Gasteiger partial charge is 0.236 e. The summed E-state index contributed by atoms with van der Waals surface area (Å²) in [6.07, 6.45) is 0.958. The molecule has 2 heterocycles. The summed E-state index contributed by atoms with van der Waals surface area (Å²) in [6.45, 7) is 11.8. The summed E-state index contributed by atoms with van der Waals surface area (Å²) < 4.78 is 0. The first-order chi connectivity index (χ1) is 11.0. The second-order valence-corrected chi connectivity index (χ2v) is 7.98. The normalized spacial score (nSPS) is 25.4. The van der Waals surface area contributed by atoms with Crippen LogP contribution in [0.15, 0.2) is 0 Å². The average molecular weight is 343 g/mol. The Balaban J connectivity index is 1.69. The number of carbonyl (C=O) groups is 2. The van der Waals surface area contributed by atoms with Gasteiger partial charge in [0.1, 0.15) is 0 Å². The van der Waals surface area contributed by atoms with Crippen LogP contribution in [0.3, 0.4) is 0 Å². The van der Waals surface area contributed by atoms with E-state index in [9.17, 15) is 9.59 Å². The molecule has 0 aromatic carbocycles. The third-order valence-corrected chi connectivity index (χ3v) is 5.73. The lowest BCUT2D eigenvalue weighted by atomic mass is 10.2. The Bertz CT molecular complexity index is 413. The molecule has 2 amide bonds. The number of thioether (sulfide) groups is 1. The van der Waals surface area contributed by atoms with Gasteiger partial charge in [0.2, 0.25) is 11.8 Å².